The Morgan fingerprint density at radius 1 is 0.898 bits per heavy atom. The number of carbonyl (C=O) groups excluding carboxylic acids is 5. The number of ketones is 1. The van der Waals surface area contributed by atoms with Gasteiger partial charge in [-0.1, -0.05) is 6.42 Å². The normalized spacial score (nSPS) is 37.8. The number of likely N-dealkylation sites (N-methyl/N-ethyl adjacent to an activating group) is 2. The fourth-order valence-corrected chi connectivity index (χ4v) is 11.2. The van der Waals surface area contributed by atoms with Crippen LogP contribution in [0, 0.1) is 29.6 Å². The number of hydrogen-bond donors (Lipinski definition) is 3. The Kier molecular flexibility index (Phi) is 7.27. The van der Waals surface area contributed by atoms with Crippen LogP contribution in [0.3, 0.4) is 0 Å². The molecule has 5 unspecified atom stereocenters. The van der Waals surface area contributed by atoms with E-state index in [0.717, 1.165) is 55.4 Å². The van der Waals surface area contributed by atoms with Gasteiger partial charge in [0.05, 0.1) is 18.8 Å². The van der Waals surface area contributed by atoms with Gasteiger partial charge in [-0.15, -0.1) is 0 Å². The van der Waals surface area contributed by atoms with Gasteiger partial charge in [-0.05, 0) is 124 Å². The first kappa shape index (κ1) is 32.3. The van der Waals surface area contributed by atoms with Crippen molar-refractivity contribution in [1.29, 1.82) is 0 Å². The topological polar surface area (TPSA) is 150 Å². The van der Waals surface area contributed by atoms with E-state index in [2.05, 4.69) is 9.97 Å². The van der Waals surface area contributed by atoms with Gasteiger partial charge in [0.2, 0.25) is 0 Å². The molecule has 0 radical (unpaired) electrons. The molecule has 0 spiro atoms. The summed E-state index contributed by atoms with van der Waals surface area (Å²) in [7, 11) is 3.38. The first-order valence-corrected chi connectivity index (χ1v) is 18.0. The molecule has 9 rings (SSSR count). The Hall–Kier alpha value is -3.93. The van der Waals surface area contributed by atoms with Crippen LogP contribution in [0.4, 0.5) is 9.59 Å². The summed E-state index contributed by atoms with van der Waals surface area (Å²) in [6.07, 6.45) is 11.2. The van der Waals surface area contributed by atoms with Crippen molar-refractivity contribution in [3.8, 4) is 0 Å². The molecule has 2 saturated heterocycles. The lowest BCUT2D eigenvalue weighted by Gasteiger charge is -2.55. The number of β-amino-alcohol motifs (C(OH)–C–C–N with tert-alkyl or cyclic N) is 1. The molecule has 2 aromatic heterocycles. The summed E-state index contributed by atoms with van der Waals surface area (Å²) in [5, 5.41) is 10.8. The monoisotopic (exact) mass is 672 g/mol. The number of nitrogens with one attached hydrogen (secondary N) is 2. The van der Waals surface area contributed by atoms with E-state index in [1.54, 1.807) is 42.2 Å². The smallest absolute Gasteiger partial charge is 0.327 e. The number of carbonyl (C=O) groups is 5. The Labute approximate surface area is 286 Å². The lowest BCUT2D eigenvalue weighted by Crippen LogP contribution is -2.59. The number of nitrogens with zero attached hydrogens (tertiary/aromatic N) is 4. The number of imide groups is 2. The van der Waals surface area contributed by atoms with Crippen LogP contribution in [-0.4, -0.2) is 103 Å². The van der Waals surface area contributed by atoms with Crippen LogP contribution in [0.2, 0.25) is 0 Å². The Morgan fingerprint density at radius 3 is 2.20 bits per heavy atom. The lowest BCUT2D eigenvalue weighted by molar-refractivity contribution is -0.139. The molecule has 4 bridgehead atoms. The third kappa shape index (κ3) is 4.47. The number of amides is 6. The summed E-state index contributed by atoms with van der Waals surface area (Å²) in [6.45, 7) is 3.32. The summed E-state index contributed by atoms with van der Waals surface area (Å²) >= 11 is 0. The minimum atomic E-state index is -1.06. The summed E-state index contributed by atoms with van der Waals surface area (Å²) in [6, 6.07) is 4.55. The molecule has 5 aliphatic carbocycles. The summed E-state index contributed by atoms with van der Waals surface area (Å²) in [5.74, 6) is 0.501. The van der Waals surface area contributed by atoms with Crippen LogP contribution >= 0.6 is 0 Å². The van der Waals surface area contributed by atoms with E-state index < -0.39 is 29.2 Å². The van der Waals surface area contributed by atoms with E-state index in [9.17, 15) is 29.1 Å². The second-order valence-corrected chi connectivity index (χ2v) is 16.4. The molecule has 7 atom stereocenters. The molecular formula is C37H48N6O6. The Bertz CT molecular complexity index is 1710. The zero-order valence-electron chi connectivity index (χ0n) is 28.9. The second-order valence-electron chi connectivity index (χ2n) is 16.4. The van der Waals surface area contributed by atoms with Crippen molar-refractivity contribution in [2.75, 3.05) is 27.2 Å². The summed E-state index contributed by atoms with van der Waals surface area (Å²) < 4.78 is 0. The number of aliphatic hydroxyl groups is 1. The van der Waals surface area contributed by atoms with Gasteiger partial charge in [-0.25, -0.2) is 9.59 Å². The van der Waals surface area contributed by atoms with Crippen molar-refractivity contribution in [1.82, 2.24) is 29.6 Å². The van der Waals surface area contributed by atoms with Gasteiger partial charge in [0.1, 0.15) is 17.2 Å². The number of H-pyrrole nitrogens is 2. The van der Waals surface area contributed by atoms with Gasteiger partial charge in [0.25, 0.3) is 11.8 Å². The first-order valence-electron chi connectivity index (χ1n) is 18.0. The lowest BCUT2D eigenvalue weighted by atomic mass is 9.51. The highest BCUT2D eigenvalue weighted by molar-refractivity contribution is 6.11. The molecule has 49 heavy (non-hydrogen) atoms. The minimum Gasteiger partial charge on any atom is -0.385 e. The number of rotatable bonds is 9. The number of Topliss-reactive ketones (excluding diaryl/α,β-unsaturated/α-hetero) is 1. The average Bonchev–Trinajstić information content (AvgIpc) is 3.98. The molecule has 0 aromatic carbocycles. The maximum absolute atomic E-state index is 14.1. The van der Waals surface area contributed by atoms with E-state index in [1.165, 1.54) is 11.3 Å². The molecule has 4 heterocycles. The summed E-state index contributed by atoms with van der Waals surface area (Å²) in [4.78, 5) is 80.2. The molecule has 7 aliphatic rings. The van der Waals surface area contributed by atoms with Crippen molar-refractivity contribution in [2.45, 2.75) is 94.2 Å². The van der Waals surface area contributed by atoms with Gasteiger partial charge in [-0.2, -0.15) is 0 Å². The maximum Gasteiger partial charge on any atom is 0.327 e. The highest BCUT2D eigenvalue weighted by atomic mass is 16.3. The number of hydrogen-bond acceptors (Lipinski definition) is 6. The van der Waals surface area contributed by atoms with E-state index in [4.69, 9.17) is 0 Å². The fraction of sp³-hybridized carbons (Fsp3) is 0.649. The fourth-order valence-electron chi connectivity index (χ4n) is 11.2. The highest BCUT2D eigenvalue weighted by Gasteiger charge is 2.63. The number of aliphatic hydroxyl groups excluding tert-OH is 1. The number of fused-ring (bicyclic) bond motifs is 5. The zero-order valence-corrected chi connectivity index (χ0v) is 28.9. The third-order valence-corrected chi connectivity index (χ3v) is 14.4. The zero-order chi connectivity index (χ0) is 34.6. The molecule has 12 heteroatoms. The number of aromatic nitrogens is 2. The highest BCUT2D eigenvalue weighted by Crippen LogP contribution is 2.59. The van der Waals surface area contributed by atoms with Crippen LogP contribution in [0.5, 0.6) is 0 Å². The van der Waals surface area contributed by atoms with E-state index in [1.807, 2.05) is 26.1 Å². The van der Waals surface area contributed by atoms with Gasteiger partial charge in [-0.3, -0.25) is 24.2 Å². The van der Waals surface area contributed by atoms with Gasteiger partial charge in [0.15, 0.2) is 5.78 Å². The van der Waals surface area contributed by atoms with Gasteiger partial charge in [0, 0.05) is 32.2 Å². The van der Waals surface area contributed by atoms with Crippen molar-refractivity contribution >= 4 is 29.7 Å². The van der Waals surface area contributed by atoms with Gasteiger partial charge < -0.3 is 24.9 Å². The van der Waals surface area contributed by atoms with Crippen molar-refractivity contribution < 1.29 is 29.1 Å². The van der Waals surface area contributed by atoms with Crippen LogP contribution in [-0.2, 0) is 15.0 Å². The Morgan fingerprint density at radius 2 is 1.57 bits per heavy atom. The number of aromatic amines is 2. The SMILES string of the molecule is CN1C(=O)N(CC(O)c2ccc[nH]2)C(=O)C1(C)C1CC2(c3c[nH]c(C(=O)CN4C(=O)N(C)[C@](C)([C@H]5CC6CCC5C6)C4=O)c3)CCC1CC2. The molecule has 7 fully saturated rings. The van der Waals surface area contributed by atoms with Crippen molar-refractivity contribution in [3.63, 3.8) is 0 Å². The first-order chi connectivity index (χ1) is 23.3. The van der Waals surface area contributed by atoms with E-state index in [0.29, 0.717) is 29.6 Å². The van der Waals surface area contributed by atoms with E-state index in [-0.39, 0.29) is 53.9 Å². The molecule has 2 aromatic rings. The number of urea groups is 2. The molecule has 2 aliphatic heterocycles. The van der Waals surface area contributed by atoms with Crippen LogP contribution in [0.1, 0.15) is 99.5 Å². The summed E-state index contributed by atoms with van der Waals surface area (Å²) in [5.41, 5.74) is -0.366. The molecular weight excluding hydrogens is 624 g/mol. The second kappa shape index (κ2) is 11.0. The molecule has 262 valence electrons. The van der Waals surface area contributed by atoms with Crippen LogP contribution in [0.15, 0.2) is 30.6 Å². The quantitative estimate of drug-likeness (QED) is 0.265. The maximum atomic E-state index is 14.1. The van der Waals surface area contributed by atoms with Crippen molar-refractivity contribution in [3.05, 3.63) is 47.5 Å². The van der Waals surface area contributed by atoms with Crippen LogP contribution in [0.25, 0.3) is 0 Å². The predicted molar refractivity (Wildman–Crippen MR) is 178 cm³/mol. The van der Waals surface area contributed by atoms with Gasteiger partial charge >= 0.3 is 12.1 Å². The minimum absolute atomic E-state index is 0.1000. The average molecular weight is 673 g/mol. The van der Waals surface area contributed by atoms with Crippen LogP contribution < -0.4 is 0 Å². The van der Waals surface area contributed by atoms with Crippen molar-refractivity contribution in [2.24, 2.45) is 29.6 Å². The molecule has 12 nitrogen and oxygen atoms in total. The Balaban J connectivity index is 0.990. The standard InChI is InChI=1S/C37H48N6O6/c1-35(25-15-21-7-8-23(25)14-21)31(46)43(33(48)40(35)3)20-30(45)28-16-24(18-39-28)37-11-9-22(10-12-37)26(17-37)36(2)32(47)42(34(49)41(36)4)19-29(44)27-6-5-13-38-27/h5-6,13,16,18,21-23,25-26,29,38-39,44H,7-12,14-15,17,19-20H2,1-4H3/t21?,22?,23?,25-,26?,29?,35+,36?,37?/m0/s1. The third-order valence-electron chi connectivity index (χ3n) is 14.4. The molecule has 6 amide bonds. The van der Waals surface area contributed by atoms with E-state index >= 15 is 0 Å². The largest absolute Gasteiger partial charge is 0.385 e. The molecule has 3 N–H and O–H groups in total. The molecule has 5 saturated carbocycles. The predicted octanol–water partition coefficient (Wildman–Crippen LogP) is 4.45.